The quantitative estimate of drug-likeness (QED) is 0.0977. The van der Waals surface area contributed by atoms with Crippen LogP contribution in [-0.2, 0) is 35.5 Å². The predicted molar refractivity (Wildman–Crippen MR) is 140 cm³/mol. The third kappa shape index (κ3) is 11.0. The Balaban J connectivity index is 1.80. The molecule has 0 radical (unpaired) electrons. The van der Waals surface area contributed by atoms with Gasteiger partial charge in [-0.05, 0) is 50.3 Å². The molecule has 1 fully saturated rings. The van der Waals surface area contributed by atoms with Crippen molar-refractivity contribution in [2.24, 2.45) is 5.92 Å². The minimum absolute atomic E-state index is 0.0850. The molecule has 3 atom stereocenters. The summed E-state index contributed by atoms with van der Waals surface area (Å²) in [4.78, 5) is 80.8. The van der Waals surface area contributed by atoms with E-state index < -0.39 is 34.1 Å². The van der Waals surface area contributed by atoms with Crippen molar-refractivity contribution in [3.05, 3.63) is 50.1 Å². The van der Waals surface area contributed by atoms with E-state index in [1.165, 1.54) is 24.0 Å². The summed E-state index contributed by atoms with van der Waals surface area (Å²) >= 11 is 0.905. The maximum atomic E-state index is 13.1. The van der Waals surface area contributed by atoms with E-state index in [0.717, 1.165) is 11.8 Å². The standard InChI is InChI=1S/C24H32N4O11S/c1-16(15-40-24(32)17(2)25-21(29)10-3-4-12-37-27(33)34)22(30)26-11-6-9-20(26)23(31)39-19-8-5-7-18(13-19)14-38-28(35)36/h5,7-8,13,16-17,20H,3-4,6,9-12,14-15H2,1-2H3,(H,25,29)/t16-,17?,20+/m1/s1. The molecule has 1 N–H and O–H groups in total. The van der Waals surface area contributed by atoms with E-state index in [9.17, 15) is 39.4 Å². The number of benzene rings is 1. The largest absolute Gasteiger partial charge is 0.425 e. The number of esters is 1. The Kier molecular flexibility index (Phi) is 13.1. The minimum Gasteiger partial charge on any atom is -0.425 e. The average molecular weight is 585 g/mol. The highest BCUT2D eigenvalue weighted by atomic mass is 32.2. The number of hydrogen-bond donors (Lipinski definition) is 1. The van der Waals surface area contributed by atoms with Crippen molar-refractivity contribution in [2.45, 2.75) is 64.6 Å². The summed E-state index contributed by atoms with van der Waals surface area (Å²) in [5.41, 5.74) is 0.435. The molecule has 16 heteroatoms. The number of carbonyl (C=O) groups excluding carboxylic acids is 4. The monoisotopic (exact) mass is 584 g/mol. The Morgan fingerprint density at radius 3 is 2.55 bits per heavy atom. The van der Waals surface area contributed by atoms with Crippen LogP contribution >= 0.6 is 11.8 Å². The second kappa shape index (κ2) is 16.2. The van der Waals surface area contributed by atoms with Gasteiger partial charge in [-0.2, -0.15) is 0 Å². The molecule has 0 aliphatic carbocycles. The van der Waals surface area contributed by atoms with E-state index in [0.29, 0.717) is 37.8 Å². The molecule has 0 bridgehead atoms. The van der Waals surface area contributed by atoms with Crippen molar-refractivity contribution in [1.29, 1.82) is 0 Å². The zero-order chi connectivity index (χ0) is 29.7. The van der Waals surface area contributed by atoms with Crippen molar-refractivity contribution < 1.29 is 43.8 Å². The number of nitrogens with zero attached hydrogens (tertiary/aromatic N) is 3. The van der Waals surface area contributed by atoms with Crippen LogP contribution < -0.4 is 10.1 Å². The first-order valence-electron chi connectivity index (χ1n) is 12.6. The molecule has 2 amide bonds. The van der Waals surface area contributed by atoms with Crippen LogP contribution in [0.15, 0.2) is 24.3 Å². The molecule has 220 valence electrons. The smallest absolute Gasteiger partial charge is 0.334 e. The number of carbonyl (C=O) groups is 4. The first-order chi connectivity index (χ1) is 19.0. The van der Waals surface area contributed by atoms with Gasteiger partial charge in [0.15, 0.2) is 0 Å². The fourth-order valence-electron chi connectivity index (χ4n) is 3.87. The maximum Gasteiger partial charge on any atom is 0.334 e. The normalized spacial score (nSPS) is 15.9. The first-order valence-corrected chi connectivity index (χ1v) is 13.6. The summed E-state index contributed by atoms with van der Waals surface area (Å²) in [6, 6.07) is 4.51. The molecule has 15 nitrogen and oxygen atoms in total. The van der Waals surface area contributed by atoms with Gasteiger partial charge in [0, 0.05) is 24.6 Å². The van der Waals surface area contributed by atoms with E-state index in [2.05, 4.69) is 15.0 Å². The van der Waals surface area contributed by atoms with E-state index in [1.54, 1.807) is 19.1 Å². The van der Waals surface area contributed by atoms with Gasteiger partial charge in [0.1, 0.15) is 18.4 Å². The summed E-state index contributed by atoms with van der Waals surface area (Å²) < 4.78 is 5.43. The Morgan fingerprint density at radius 2 is 1.85 bits per heavy atom. The van der Waals surface area contributed by atoms with Gasteiger partial charge >= 0.3 is 5.97 Å². The third-order valence-corrected chi connectivity index (χ3v) is 7.19. The van der Waals surface area contributed by atoms with Crippen LogP contribution in [0.5, 0.6) is 5.75 Å². The molecule has 1 aliphatic rings. The van der Waals surface area contributed by atoms with Crippen LogP contribution in [0.25, 0.3) is 0 Å². The minimum atomic E-state index is -0.923. The fraction of sp³-hybridized carbons (Fsp3) is 0.583. The highest BCUT2D eigenvalue weighted by Gasteiger charge is 2.37. The number of nitrogens with one attached hydrogen (secondary N) is 1. The van der Waals surface area contributed by atoms with Gasteiger partial charge < -0.3 is 24.6 Å². The molecule has 1 aromatic rings. The van der Waals surface area contributed by atoms with Gasteiger partial charge in [0.05, 0.1) is 12.6 Å². The zero-order valence-electron chi connectivity index (χ0n) is 22.1. The molecule has 0 saturated carbocycles. The number of thioether (sulfide) groups is 1. The summed E-state index contributed by atoms with van der Waals surface area (Å²) in [6.07, 6.45) is 1.78. The van der Waals surface area contributed by atoms with Gasteiger partial charge in [0.25, 0.3) is 10.2 Å². The molecule has 40 heavy (non-hydrogen) atoms. The molecule has 2 rings (SSSR count). The van der Waals surface area contributed by atoms with E-state index in [-0.39, 0.29) is 48.1 Å². The molecular formula is C24H32N4O11S. The second-order valence-corrected chi connectivity index (χ2v) is 10.1. The van der Waals surface area contributed by atoms with Crippen LogP contribution in [0.3, 0.4) is 0 Å². The molecule has 0 aromatic heterocycles. The molecule has 1 heterocycles. The van der Waals surface area contributed by atoms with Crippen molar-refractivity contribution >= 4 is 34.7 Å². The van der Waals surface area contributed by atoms with Crippen LogP contribution in [0, 0.1) is 26.1 Å². The van der Waals surface area contributed by atoms with Gasteiger partial charge in [-0.25, -0.2) is 4.79 Å². The highest BCUT2D eigenvalue weighted by Crippen LogP contribution is 2.24. The SMILES string of the molecule is CC(NC(=O)CCCCO[N+](=O)[O-])C(=O)SC[C@@H](C)C(=O)N1CCC[C@H]1C(=O)Oc1cccc(CO[N+](=O)[O-])c1. The Labute approximate surface area is 234 Å². The van der Waals surface area contributed by atoms with E-state index >= 15 is 0 Å². The van der Waals surface area contributed by atoms with Gasteiger partial charge in [0.2, 0.25) is 16.9 Å². The number of unbranched alkanes of at least 4 members (excludes halogenated alkanes) is 1. The molecule has 1 unspecified atom stereocenters. The van der Waals surface area contributed by atoms with Crippen molar-refractivity contribution in [3.8, 4) is 5.75 Å². The van der Waals surface area contributed by atoms with Crippen LogP contribution in [0.2, 0.25) is 0 Å². The predicted octanol–water partition coefficient (Wildman–Crippen LogP) is 2.07. The topological polar surface area (TPSA) is 198 Å². The lowest BCUT2D eigenvalue weighted by molar-refractivity contribution is -0.763. The number of likely N-dealkylation sites (tertiary alicyclic amines) is 1. The summed E-state index contributed by atoms with van der Waals surface area (Å²) in [5.74, 6) is -1.58. The highest BCUT2D eigenvalue weighted by molar-refractivity contribution is 8.13. The van der Waals surface area contributed by atoms with Gasteiger partial charge in [-0.15, -0.1) is 20.2 Å². The number of amides is 2. The third-order valence-electron chi connectivity index (χ3n) is 5.88. The second-order valence-electron chi connectivity index (χ2n) is 9.09. The Bertz CT molecular complexity index is 1090. The number of rotatable bonds is 16. The number of ether oxygens (including phenoxy) is 1. The lowest BCUT2D eigenvalue weighted by Gasteiger charge is -2.26. The molecule has 1 aromatic carbocycles. The van der Waals surface area contributed by atoms with Crippen molar-refractivity contribution in [3.63, 3.8) is 0 Å². The van der Waals surface area contributed by atoms with Gasteiger partial charge in [-0.1, -0.05) is 30.8 Å². The fourth-order valence-corrected chi connectivity index (χ4v) is 4.74. The van der Waals surface area contributed by atoms with Crippen LogP contribution in [0.1, 0.15) is 51.5 Å². The summed E-state index contributed by atoms with van der Waals surface area (Å²) in [7, 11) is 0. The molecule has 1 saturated heterocycles. The summed E-state index contributed by atoms with van der Waals surface area (Å²) in [6.45, 7) is 3.13. The maximum absolute atomic E-state index is 13.1. The lowest BCUT2D eigenvalue weighted by Crippen LogP contribution is -2.45. The van der Waals surface area contributed by atoms with Crippen LogP contribution in [-0.4, -0.2) is 69.0 Å². The molecular weight excluding hydrogens is 552 g/mol. The van der Waals surface area contributed by atoms with Crippen molar-refractivity contribution in [2.75, 3.05) is 18.9 Å². The molecule has 0 spiro atoms. The van der Waals surface area contributed by atoms with Crippen molar-refractivity contribution in [1.82, 2.24) is 10.2 Å². The first kappa shape index (κ1) is 32.3. The van der Waals surface area contributed by atoms with E-state index in [1.807, 2.05) is 0 Å². The summed E-state index contributed by atoms with van der Waals surface area (Å²) in [5, 5.41) is 20.9. The number of hydrogen-bond acceptors (Lipinski definition) is 12. The Hall–Kier alpha value is -3.95. The molecule has 1 aliphatic heterocycles. The van der Waals surface area contributed by atoms with E-state index in [4.69, 9.17) is 4.74 Å². The zero-order valence-corrected chi connectivity index (χ0v) is 23.0. The van der Waals surface area contributed by atoms with Crippen LogP contribution in [0.4, 0.5) is 0 Å². The average Bonchev–Trinajstić information content (AvgIpc) is 3.40. The van der Waals surface area contributed by atoms with Gasteiger partial charge in [-0.3, -0.25) is 14.4 Å². The lowest BCUT2D eigenvalue weighted by atomic mass is 10.1. The Morgan fingerprint density at radius 1 is 1.12 bits per heavy atom.